The van der Waals surface area contributed by atoms with Gasteiger partial charge in [0, 0.05) is 0 Å². The van der Waals surface area contributed by atoms with Crippen molar-refractivity contribution in [1.82, 2.24) is 5.32 Å². The Morgan fingerprint density at radius 3 is 2.42 bits per heavy atom. The number of benzene rings is 1. The summed E-state index contributed by atoms with van der Waals surface area (Å²) in [7, 11) is 1.68. The van der Waals surface area contributed by atoms with Gasteiger partial charge < -0.3 is 15.4 Å². The minimum atomic E-state index is -0.570. The third-order valence-corrected chi connectivity index (χ3v) is 2.16. The molecule has 0 bridgehead atoms. The maximum Gasteiger partial charge on any atom is 0.340 e. The fraction of sp³-hybridized carbons (Fsp3) is 0.429. The van der Waals surface area contributed by atoms with Crippen molar-refractivity contribution >= 4 is 17.6 Å². The number of hydrogen-bond donors (Lipinski definition) is 2. The quantitative estimate of drug-likeness (QED) is 0.814. The Hall–Kier alpha value is -1.88. The zero-order valence-electron chi connectivity index (χ0n) is 11.7. The summed E-state index contributed by atoms with van der Waals surface area (Å²) in [4.78, 5) is 23.6. The Kier molecular flexibility index (Phi) is 5.06. The number of para-hydroxylation sites is 1. The predicted molar refractivity (Wildman–Crippen MR) is 74.2 cm³/mol. The van der Waals surface area contributed by atoms with Crippen LogP contribution in [-0.2, 0) is 9.53 Å². The molecule has 1 aromatic rings. The molecule has 0 radical (unpaired) electrons. The third kappa shape index (κ3) is 5.09. The molecule has 0 aliphatic rings. The topological polar surface area (TPSA) is 67.4 Å². The van der Waals surface area contributed by atoms with Gasteiger partial charge in [0.15, 0.2) is 0 Å². The first-order valence-corrected chi connectivity index (χ1v) is 6.10. The standard InChI is InChI=1S/C14H20N2O3/c1-14(2,3)19-13(18)10-7-5-6-8-11(10)16-12(17)9-15-4/h5-8,15H,9H2,1-4H3,(H,16,17). The molecule has 0 atom stereocenters. The molecule has 0 saturated heterocycles. The van der Waals surface area contributed by atoms with E-state index in [9.17, 15) is 9.59 Å². The summed E-state index contributed by atoms with van der Waals surface area (Å²) < 4.78 is 5.30. The molecule has 2 N–H and O–H groups in total. The predicted octanol–water partition coefficient (Wildman–Crippen LogP) is 1.80. The number of anilines is 1. The van der Waals surface area contributed by atoms with Gasteiger partial charge in [0.25, 0.3) is 0 Å². The highest BCUT2D eigenvalue weighted by Crippen LogP contribution is 2.19. The summed E-state index contributed by atoms with van der Waals surface area (Å²) in [5, 5.41) is 5.42. The van der Waals surface area contributed by atoms with Crippen LogP contribution in [0.4, 0.5) is 5.69 Å². The van der Waals surface area contributed by atoms with E-state index in [0.717, 1.165) is 0 Å². The summed E-state index contributed by atoms with van der Waals surface area (Å²) in [5.41, 5.74) is 0.234. The number of nitrogens with one attached hydrogen (secondary N) is 2. The monoisotopic (exact) mass is 264 g/mol. The minimum Gasteiger partial charge on any atom is -0.456 e. The molecular weight excluding hydrogens is 244 g/mol. The number of hydrogen-bond acceptors (Lipinski definition) is 4. The first-order chi connectivity index (χ1) is 8.83. The lowest BCUT2D eigenvalue weighted by Gasteiger charge is -2.20. The van der Waals surface area contributed by atoms with E-state index in [1.807, 2.05) is 0 Å². The van der Waals surface area contributed by atoms with Gasteiger partial charge in [-0.1, -0.05) is 12.1 Å². The van der Waals surface area contributed by atoms with Gasteiger partial charge in [0.1, 0.15) is 5.60 Å². The van der Waals surface area contributed by atoms with E-state index in [1.54, 1.807) is 52.1 Å². The van der Waals surface area contributed by atoms with Crippen molar-refractivity contribution in [3.05, 3.63) is 29.8 Å². The van der Waals surface area contributed by atoms with Gasteiger partial charge in [-0.3, -0.25) is 4.79 Å². The van der Waals surface area contributed by atoms with E-state index < -0.39 is 11.6 Å². The van der Waals surface area contributed by atoms with Crippen molar-refractivity contribution < 1.29 is 14.3 Å². The molecule has 0 spiro atoms. The number of carbonyl (C=O) groups excluding carboxylic acids is 2. The summed E-state index contributed by atoms with van der Waals surface area (Å²) >= 11 is 0. The molecule has 0 unspecified atom stereocenters. The van der Waals surface area contributed by atoms with Gasteiger partial charge in [0.2, 0.25) is 5.91 Å². The molecule has 0 aliphatic heterocycles. The lowest BCUT2D eigenvalue weighted by atomic mass is 10.1. The van der Waals surface area contributed by atoms with Crippen LogP contribution >= 0.6 is 0 Å². The molecule has 19 heavy (non-hydrogen) atoms. The van der Waals surface area contributed by atoms with Crippen LogP contribution < -0.4 is 10.6 Å². The second-order valence-electron chi connectivity index (χ2n) is 5.13. The van der Waals surface area contributed by atoms with Crippen LogP contribution in [0.25, 0.3) is 0 Å². The van der Waals surface area contributed by atoms with Crippen molar-refractivity contribution in [2.75, 3.05) is 18.9 Å². The van der Waals surface area contributed by atoms with Gasteiger partial charge in [-0.2, -0.15) is 0 Å². The molecule has 0 heterocycles. The van der Waals surface area contributed by atoms with Crippen LogP contribution in [0.2, 0.25) is 0 Å². The van der Waals surface area contributed by atoms with E-state index in [0.29, 0.717) is 11.3 Å². The second-order valence-corrected chi connectivity index (χ2v) is 5.13. The first-order valence-electron chi connectivity index (χ1n) is 6.10. The minimum absolute atomic E-state index is 0.183. The number of esters is 1. The van der Waals surface area contributed by atoms with Crippen LogP contribution in [-0.4, -0.2) is 31.1 Å². The zero-order valence-corrected chi connectivity index (χ0v) is 11.7. The molecule has 1 aromatic carbocycles. The summed E-state index contributed by atoms with van der Waals surface area (Å²) in [6.45, 7) is 5.58. The van der Waals surface area contributed by atoms with Crippen LogP contribution in [0.5, 0.6) is 0 Å². The second kappa shape index (κ2) is 6.33. The number of rotatable bonds is 4. The van der Waals surface area contributed by atoms with Crippen LogP contribution in [0.15, 0.2) is 24.3 Å². The Morgan fingerprint density at radius 2 is 1.84 bits per heavy atom. The Bertz CT molecular complexity index is 464. The Morgan fingerprint density at radius 1 is 1.21 bits per heavy atom. The molecule has 1 amide bonds. The first kappa shape index (κ1) is 15.2. The largest absolute Gasteiger partial charge is 0.456 e. The zero-order chi connectivity index (χ0) is 14.5. The highest BCUT2D eigenvalue weighted by Gasteiger charge is 2.20. The lowest BCUT2D eigenvalue weighted by Crippen LogP contribution is -2.27. The van der Waals surface area contributed by atoms with E-state index >= 15 is 0 Å². The Balaban J connectivity index is 2.89. The molecule has 0 fully saturated rings. The lowest BCUT2D eigenvalue weighted by molar-refractivity contribution is -0.115. The highest BCUT2D eigenvalue weighted by atomic mass is 16.6. The van der Waals surface area contributed by atoms with Crippen molar-refractivity contribution in [3.63, 3.8) is 0 Å². The summed E-state index contributed by atoms with van der Waals surface area (Å²) in [6, 6.07) is 6.78. The van der Waals surface area contributed by atoms with Gasteiger partial charge in [-0.05, 0) is 40.0 Å². The van der Waals surface area contributed by atoms with Crippen molar-refractivity contribution in [3.8, 4) is 0 Å². The van der Waals surface area contributed by atoms with E-state index in [1.165, 1.54) is 0 Å². The molecular formula is C14H20N2O3. The molecule has 5 heteroatoms. The van der Waals surface area contributed by atoms with E-state index in [2.05, 4.69) is 10.6 Å². The number of amides is 1. The third-order valence-electron chi connectivity index (χ3n) is 2.16. The molecule has 0 aliphatic carbocycles. The van der Waals surface area contributed by atoms with Crippen LogP contribution in [0, 0.1) is 0 Å². The van der Waals surface area contributed by atoms with Gasteiger partial charge >= 0.3 is 5.97 Å². The SMILES string of the molecule is CNCC(=O)Nc1ccccc1C(=O)OC(C)(C)C. The number of carbonyl (C=O) groups is 2. The van der Waals surface area contributed by atoms with Gasteiger partial charge in [0.05, 0.1) is 17.8 Å². The van der Waals surface area contributed by atoms with E-state index in [-0.39, 0.29) is 12.5 Å². The Labute approximate surface area is 113 Å². The molecule has 0 saturated carbocycles. The summed E-state index contributed by atoms with van der Waals surface area (Å²) in [5.74, 6) is -0.661. The molecule has 104 valence electrons. The van der Waals surface area contributed by atoms with Crippen LogP contribution in [0.1, 0.15) is 31.1 Å². The highest BCUT2D eigenvalue weighted by molar-refractivity contribution is 6.01. The van der Waals surface area contributed by atoms with Gasteiger partial charge in [-0.25, -0.2) is 4.79 Å². The van der Waals surface area contributed by atoms with E-state index in [4.69, 9.17) is 4.74 Å². The maximum atomic E-state index is 12.0. The van der Waals surface area contributed by atoms with Crippen LogP contribution in [0.3, 0.4) is 0 Å². The van der Waals surface area contributed by atoms with Crippen molar-refractivity contribution in [2.45, 2.75) is 26.4 Å². The summed E-state index contributed by atoms with van der Waals surface area (Å²) in [6.07, 6.45) is 0. The fourth-order valence-electron chi connectivity index (χ4n) is 1.46. The maximum absolute atomic E-state index is 12.0. The average molecular weight is 264 g/mol. The molecule has 1 rings (SSSR count). The van der Waals surface area contributed by atoms with Crippen molar-refractivity contribution in [2.24, 2.45) is 0 Å². The smallest absolute Gasteiger partial charge is 0.340 e. The average Bonchev–Trinajstić information content (AvgIpc) is 2.27. The van der Waals surface area contributed by atoms with Gasteiger partial charge in [-0.15, -0.1) is 0 Å². The molecule has 0 aromatic heterocycles. The molecule has 5 nitrogen and oxygen atoms in total. The number of ether oxygens (including phenoxy) is 1. The van der Waals surface area contributed by atoms with Crippen molar-refractivity contribution in [1.29, 1.82) is 0 Å². The fourth-order valence-corrected chi connectivity index (χ4v) is 1.46. The number of likely N-dealkylation sites (N-methyl/N-ethyl adjacent to an activating group) is 1. The normalized spacial score (nSPS) is 10.9.